The number of hydrogen-bond acceptors (Lipinski definition) is 5. The van der Waals surface area contributed by atoms with Crippen molar-refractivity contribution in [1.29, 1.82) is 0 Å². The highest BCUT2D eigenvalue weighted by Crippen LogP contribution is 2.23. The van der Waals surface area contributed by atoms with Crippen molar-refractivity contribution in [1.82, 2.24) is 4.98 Å². The molecule has 1 amide bonds. The molecule has 0 atom stereocenters. The molecule has 0 aliphatic heterocycles. The van der Waals surface area contributed by atoms with Crippen molar-refractivity contribution in [2.75, 3.05) is 10.6 Å². The number of pyridine rings is 1. The van der Waals surface area contributed by atoms with Crippen LogP contribution in [0.15, 0.2) is 66.9 Å². The number of benzene rings is 2. The molecule has 0 unspecified atom stereocenters. The fourth-order valence-corrected chi connectivity index (χ4v) is 3.12. The largest absolute Gasteiger partial charge is 0.481 e. The van der Waals surface area contributed by atoms with Gasteiger partial charge in [0.2, 0.25) is 5.91 Å². The second kappa shape index (κ2) is 17.4. The molecule has 0 aliphatic carbocycles. The number of carboxylic acids is 1. The number of aromatic nitrogens is 1. The van der Waals surface area contributed by atoms with Crippen LogP contribution in [0.25, 0.3) is 0 Å². The molecular weight excluding hydrogens is 466 g/mol. The summed E-state index contributed by atoms with van der Waals surface area (Å²) in [5.74, 6) is -0.638. The lowest BCUT2D eigenvalue weighted by molar-refractivity contribution is -0.137. The van der Waals surface area contributed by atoms with Crippen molar-refractivity contribution < 1.29 is 19.5 Å². The van der Waals surface area contributed by atoms with Gasteiger partial charge < -0.3 is 15.7 Å². The first-order chi connectivity index (χ1) is 17.7. The maximum Gasteiger partial charge on any atom is 0.303 e. The van der Waals surface area contributed by atoms with E-state index in [9.17, 15) is 14.4 Å². The van der Waals surface area contributed by atoms with Crippen LogP contribution in [0.2, 0.25) is 0 Å². The quantitative estimate of drug-likeness (QED) is 0.265. The van der Waals surface area contributed by atoms with Gasteiger partial charge >= 0.3 is 5.97 Å². The molecule has 3 aromatic rings. The molecule has 0 fully saturated rings. The molecule has 7 nitrogen and oxygen atoms in total. The Morgan fingerprint density at radius 2 is 1.54 bits per heavy atom. The molecule has 0 saturated carbocycles. The van der Waals surface area contributed by atoms with Crippen molar-refractivity contribution in [3.8, 4) is 0 Å². The van der Waals surface area contributed by atoms with Gasteiger partial charge in [0, 0.05) is 31.3 Å². The average Bonchev–Trinajstić information content (AvgIpc) is 2.85. The normalized spacial score (nSPS) is 9.65. The summed E-state index contributed by atoms with van der Waals surface area (Å²) in [7, 11) is 0. The van der Waals surface area contributed by atoms with Gasteiger partial charge in [-0.15, -0.1) is 0 Å². The maximum absolute atomic E-state index is 11.6. The Morgan fingerprint density at radius 1 is 0.919 bits per heavy atom. The van der Waals surface area contributed by atoms with Gasteiger partial charge in [-0.2, -0.15) is 0 Å². The number of rotatable bonds is 9. The van der Waals surface area contributed by atoms with E-state index < -0.39 is 5.97 Å². The first-order valence-electron chi connectivity index (χ1n) is 12.5. The van der Waals surface area contributed by atoms with Crippen LogP contribution < -0.4 is 10.6 Å². The van der Waals surface area contributed by atoms with E-state index >= 15 is 0 Å². The van der Waals surface area contributed by atoms with E-state index in [0.29, 0.717) is 23.5 Å². The Kier molecular flexibility index (Phi) is 14.6. The number of hydrogen-bond donors (Lipinski definition) is 3. The van der Waals surface area contributed by atoms with Crippen LogP contribution in [0.4, 0.5) is 17.2 Å². The summed E-state index contributed by atoms with van der Waals surface area (Å²) >= 11 is 0. The molecular formula is C30H39N3O4. The topological polar surface area (TPSA) is 108 Å². The number of aryl methyl sites for hydroxylation is 2. The number of unbranched alkanes of at least 4 members (excludes halogenated alkanes) is 2. The van der Waals surface area contributed by atoms with Gasteiger partial charge in [-0.05, 0) is 38.0 Å². The molecule has 7 heteroatoms. The van der Waals surface area contributed by atoms with Crippen molar-refractivity contribution >= 4 is 34.9 Å². The summed E-state index contributed by atoms with van der Waals surface area (Å²) in [5.41, 5.74) is 4.23. The maximum atomic E-state index is 11.6. The van der Waals surface area contributed by atoms with E-state index in [0.717, 1.165) is 11.3 Å². The van der Waals surface area contributed by atoms with Crippen molar-refractivity contribution in [3.63, 3.8) is 0 Å². The molecule has 37 heavy (non-hydrogen) atoms. The van der Waals surface area contributed by atoms with E-state index in [1.165, 1.54) is 44.9 Å². The number of para-hydroxylation sites is 1. The van der Waals surface area contributed by atoms with E-state index in [-0.39, 0.29) is 18.1 Å². The third-order valence-corrected chi connectivity index (χ3v) is 5.10. The van der Waals surface area contributed by atoms with E-state index in [1.807, 2.05) is 61.5 Å². The van der Waals surface area contributed by atoms with Gasteiger partial charge in [0.15, 0.2) is 5.78 Å². The smallest absolute Gasteiger partial charge is 0.303 e. The van der Waals surface area contributed by atoms with Crippen LogP contribution >= 0.6 is 0 Å². The van der Waals surface area contributed by atoms with Crippen LogP contribution in [-0.2, 0) is 16.0 Å². The van der Waals surface area contributed by atoms with Gasteiger partial charge in [0.25, 0.3) is 0 Å². The van der Waals surface area contributed by atoms with Crippen LogP contribution in [0.5, 0.6) is 0 Å². The molecule has 1 heterocycles. The summed E-state index contributed by atoms with van der Waals surface area (Å²) in [6.07, 6.45) is 6.37. The lowest BCUT2D eigenvalue weighted by Gasteiger charge is -2.12. The minimum Gasteiger partial charge on any atom is -0.481 e. The monoisotopic (exact) mass is 505 g/mol. The number of ketones is 1. The highest BCUT2D eigenvalue weighted by Gasteiger charge is 2.10. The Hall–Kier alpha value is -4.00. The summed E-state index contributed by atoms with van der Waals surface area (Å²) < 4.78 is 0. The molecule has 3 N–H and O–H groups in total. The molecule has 198 valence electrons. The van der Waals surface area contributed by atoms with Gasteiger partial charge in [-0.1, -0.05) is 81.1 Å². The number of carbonyl (C=O) groups excluding carboxylic acids is 2. The number of amides is 1. The van der Waals surface area contributed by atoms with E-state index in [2.05, 4.69) is 29.5 Å². The standard InChI is InChI=1S/C15H15N3O2.C10H12O2.C5H12/c1-10(19)13-9-16-15(17-11(2)20)8-14(13)18-12-6-4-3-5-7-12;1-8-2-4-9(5-3-8)6-7-10(11)12;1-3-5-4-2/h3-9H,1-2H3,(H2,16,17,18,20);2-5H,6-7H2,1H3,(H,11,12);3-5H2,1-2H3. The predicted molar refractivity (Wildman–Crippen MR) is 151 cm³/mol. The van der Waals surface area contributed by atoms with Crippen molar-refractivity contribution in [2.24, 2.45) is 0 Å². The predicted octanol–water partition coefficient (Wildman–Crippen LogP) is 7.19. The third kappa shape index (κ3) is 13.6. The van der Waals surface area contributed by atoms with Crippen LogP contribution in [0.1, 0.15) is 74.9 Å². The molecule has 2 aromatic carbocycles. The third-order valence-electron chi connectivity index (χ3n) is 5.10. The Morgan fingerprint density at radius 3 is 2.03 bits per heavy atom. The fourth-order valence-electron chi connectivity index (χ4n) is 3.12. The Bertz CT molecular complexity index is 1110. The number of Topliss-reactive ketones (excluding diaryl/α,β-unsaturated/α-hetero) is 1. The number of nitrogens with one attached hydrogen (secondary N) is 2. The summed E-state index contributed by atoms with van der Waals surface area (Å²) in [6, 6.07) is 19.1. The Labute approximate surface area is 220 Å². The highest BCUT2D eigenvalue weighted by atomic mass is 16.4. The molecule has 0 radical (unpaired) electrons. The Balaban J connectivity index is 0.000000340. The number of carboxylic acid groups (broad SMARTS) is 1. The van der Waals surface area contributed by atoms with Crippen LogP contribution in [-0.4, -0.2) is 27.8 Å². The zero-order chi connectivity index (χ0) is 27.6. The van der Waals surface area contributed by atoms with Crippen LogP contribution in [0, 0.1) is 6.92 Å². The van der Waals surface area contributed by atoms with Gasteiger partial charge in [-0.25, -0.2) is 4.98 Å². The zero-order valence-corrected chi connectivity index (χ0v) is 22.5. The number of nitrogens with zero attached hydrogens (tertiary/aromatic N) is 1. The minimum atomic E-state index is -0.740. The lowest BCUT2D eigenvalue weighted by atomic mass is 10.1. The average molecular weight is 506 g/mol. The van der Waals surface area contributed by atoms with E-state index in [4.69, 9.17) is 5.11 Å². The van der Waals surface area contributed by atoms with E-state index in [1.54, 1.807) is 6.07 Å². The number of carbonyl (C=O) groups is 3. The molecule has 0 spiro atoms. The molecule has 0 saturated heterocycles. The fraction of sp³-hybridized carbons (Fsp3) is 0.333. The van der Waals surface area contributed by atoms with Gasteiger partial charge in [0.05, 0.1) is 11.3 Å². The summed E-state index contributed by atoms with van der Waals surface area (Å²) in [4.78, 5) is 37.0. The number of anilines is 3. The van der Waals surface area contributed by atoms with Crippen molar-refractivity contribution in [2.45, 2.75) is 66.7 Å². The summed E-state index contributed by atoms with van der Waals surface area (Å²) in [5, 5.41) is 14.2. The number of aliphatic carboxylic acids is 1. The summed E-state index contributed by atoms with van der Waals surface area (Å²) in [6.45, 7) is 9.32. The first-order valence-corrected chi connectivity index (χ1v) is 12.5. The molecule has 0 aliphatic rings. The minimum absolute atomic E-state index is 0.0923. The SMILES string of the molecule is CC(=O)Nc1cc(Nc2ccccc2)c(C(C)=O)cn1.CCCCC.Cc1ccc(CCC(=O)O)cc1. The lowest BCUT2D eigenvalue weighted by Crippen LogP contribution is -2.09. The molecule has 1 aromatic heterocycles. The second-order valence-corrected chi connectivity index (χ2v) is 8.58. The molecule has 0 bridgehead atoms. The molecule has 3 rings (SSSR count). The van der Waals surface area contributed by atoms with Gasteiger partial charge in [-0.3, -0.25) is 14.4 Å². The van der Waals surface area contributed by atoms with Gasteiger partial charge in [0.1, 0.15) is 5.82 Å². The first kappa shape index (κ1) is 31.0. The second-order valence-electron chi connectivity index (χ2n) is 8.58. The van der Waals surface area contributed by atoms with Crippen molar-refractivity contribution in [3.05, 3.63) is 83.6 Å². The highest BCUT2D eigenvalue weighted by molar-refractivity contribution is 6.01. The van der Waals surface area contributed by atoms with Crippen LogP contribution in [0.3, 0.4) is 0 Å². The zero-order valence-electron chi connectivity index (χ0n) is 22.5.